The summed E-state index contributed by atoms with van der Waals surface area (Å²) in [7, 11) is 0. The Morgan fingerprint density at radius 1 is 1.24 bits per heavy atom. The van der Waals surface area contributed by atoms with Crippen LogP contribution >= 0.6 is 0 Å². The van der Waals surface area contributed by atoms with Crippen LogP contribution in [0.2, 0.25) is 0 Å². The van der Waals surface area contributed by atoms with Gasteiger partial charge in [-0.25, -0.2) is 9.07 Å². The van der Waals surface area contributed by atoms with Gasteiger partial charge in [-0.3, -0.25) is 0 Å². The van der Waals surface area contributed by atoms with E-state index in [1.54, 1.807) is 28.9 Å². The topological polar surface area (TPSA) is 53.1 Å². The molecule has 1 aromatic heterocycles. The van der Waals surface area contributed by atoms with Crippen molar-refractivity contribution in [1.29, 1.82) is 0 Å². The van der Waals surface area contributed by atoms with Crippen LogP contribution < -0.4 is 10.5 Å². The van der Waals surface area contributed by atoms with Crippen molar-refractivity contribution >= 4 is 5.82 Å². The fraction of sp³-hybridized carbons (Fsp3) is 0.0625. The maximum atomic E-state index is 13.6. The normalized spacial score (nSPS) is 10.6. The Bertz CT molecular complexity index is 783. The second-order valence-electron chi connectivity index (χ2n) is 4.57. The Labute approximate surface area is 121 Å². The van der Waals surface area contributed by atoms with Crippen LogP contribution in [-0.2, 0) is 0 Å². The van der Waals surface area contributed by atoms with Crippen molar-refractivity contribution in [2.24, 2.45) is 0 Å². The van der Waals surface area contributed by atoms with Crippen molar-refractivity contribution in [3.05, 3.63) is 66.1 Å². The first-order valence-corrected chi connectivity index (χ1v) is 6.40. The third-order valence-corrected chi connectivity index (χ3v) is 3.07. The van der Waals surface area contributed by atoms with Gasteiger partial charge in [-0.05, 0) is 42.8 Å². The molecule has 0 bridgehead atoms. The van der Waals surface area contributed by atoms with E-state index in [1.807, 2.05) is 19.1 Å². The van der Waals surface area contributed by atoms with Crippen LogP contribution in [0, 0.1) is 18.8 Å². The molecule has 2 N–H and O–H groups in total. The van der Waals surface area contributed by atoms with E-state index in [2.05, 4.69) is 11.2 Å². The van der Waals surface area contributed by atoms with Gasteiger partial charge in [0, 0.05) is 6.07 Å². The number of rotatable bonds is 3. The first-order valence-electron chi connectivity index (χ1n) is 6.40. The molecular formula is C16H13FN3O. The van der Waals surface area contributed by atoms with Crippen LogP contribution in [0.1, 0.15) is 5.56 Å². The monoisotopic (exact) mass is 282 g/mol. The molecule has 0 saturated heterocycles. The Morgan fingerprint density at radius 3 is 2.71 bits per heavy atom. The van der Waals surface area contributed by atoms with Gasteiger partial charge in [-0.2, -0.15) is 5.10 Å². The van der Waals surface area contributed by atoms with Crippen LogP contribution in [0.5, 0.6) is 11.5 Å². The molecule has 0 spiro atoms. The van der Waals surface area contributed by atoms with E-state index in [4.69, 9.17) is 10.5 Å². The molecule has 21 heavy (non-hydrogen) atoms. The maximum Gasteiger partial charge on any atom is 0.165 e. The van der Waals surface area contributed by atoms with E-state index in [-0.39, 0.29) is 5.75 Å². The van der Waals surface area contributed by atoms with Gasteiger partial charge < -0.3 is 10.5 Å². The van der Waals surface area contributed by atoms with Crippen molar-refractivity contribution in [1.82, 2.24) is 9.78 Å². The molecule has 0 atom stereocenters. The molecule has 1 radical (unpaired) electrons. The minimum absolute atomic E-state index is 0.191. The zero-order valence-corrected chi connectivity index (χ0v) is 11.4. The van der Waals surface area contributed by atoms with E-state index >= 15 is 0 Å². The number of aryl methyl sites for hydroxylation is 1. The summed E-state index contributed by atoms with van der Waals surface area (Å²) in [5.74, 6) is 0.777. The Morgan fingerprint density at radius 2 is 2.05 bits per heavy atom. The van der Waals surface area contributed by atoms with Gasteiger partial charge in [0.15, 0.2) is 11.6 Å². The van der Waals surface area contributed by atoms with Crippen LogP contribution in [-0.4, -0.2) is 9.78 Å². The third kappa shape index (κ3) is 2.58. The van der Waals surface area contributed by atoms with Gasteiger partial charge in [-0.15, -0.1) is 0 Å². The van der Waals surface area contributed by atoms with Gasteiger partial charge in [0.1, 0.15) is 11.6 Å². The lowest BCUT2D eigenvalue weighted by Crippen LogP contribution is -2.03. The summed E-state index contributed by atoms with van der Waals surface area (Å²) in [6.07, 6.45) is 1.51. The summed E-state index contributed by atoms with van der Waals surface area (Å²) in [5.41, 5.74) is 7.53. The van der Waals surface area contributed by atoms with Gasteiger partial charge in [0.05, 0.1) is 11.9 Å². The molecule has 0 aliphatic rings. The number of nitrogen functional groups attached to an aromatic ring is 1. The number of nitrogens with two attached hydrogens (primary N) is 1. The van der Waals surface area contributed by atoms with Crippen molar-refractivity contribution in [3.63, 3.8) is 0 Å². The highest BCUT2D eigenvalue weighted by Crippen LogP contribution is 2.27. The number of aromatic nitrogens is 2. The van der Waals surface area contributed by atoms with Gasteiger partial charge in [0.25, 0.3) is 0 Å². The number of anilines is 1. The highest BCUT2D eigenvalue weighted by atomic mass is 19.1. The highest BCUT2D eigenvalue weighted by Gasteiger charge is 2.08. The number of halogens is 1. The van der Waals surface area contributed by atoms with E-state index in [0.717, 1.165) is 11.3 Å². The van der Waals surface area contributed by atoms with Gasteiger partial charge >= 0.3 is 0 Å². The second-order valence-corrected chi connectivity index (χ2v) is 4.57. The number of hydrogen-bond donors (Lipinski definition) is 1. The smallest absolute Gasteiger partial charge is 0.165 e. The zero-order valence-electron chi connectivity index (χ0n) is 11.4. The zero-order chi connectivity index (χ0) is 14.8. The van der Waals surface area contributed by atoms with Crippen molar-refractivity contribution in [2.45, 2.75) is 6.92 Å². The molecule has 1 heterocycles. The van der Waals surface area contributed by atoms with Crippen LogP contribution in [0.25, 0.3) is 5.69 Å². The first-order chi connectivity index (χ1) is 10.1. The SMILES string of the molecule is Cc1cc(Oc2ccccc2F)ccc1-n1nc[c]c1N. The fourth-order valence-corrected chi connectivity index (χ4v) is 2.05. The lowest BCUT2D eigenvalue weighted by molar-refractivity contribution is 0.442. The minimum Gasteiger partial charge on any atom is -0.454 e. The molecule has 105 valence electrons. The van der Waals surface area contributed by atoms with Crippen LogP contribution in [0.4, 0.5) is 10.2 Å². The predicted molar refractivity (Wildman–Crippen MR) is 78.0 cm³/mol. The molecule has 0 aliphatic heterocycles. The molecule has 4 nitrogen and oxygen atoms in total. The summed E-state index contributed by atoms with van der Waals surface area (Å²) in [6, 6.07) is 14.5. The Balaban J connectivity index is 1.92. The molecule has 5 heteroatoms. The number of para-hydroxylation sites is 1. The fourth-order valence-electron chi connectivity index (χ4n) is 2.05. The number of ether oxygens (including phenoxy) is 1. The lowest BCUT2D eigenvalue weighted by atomic mass is 10.2. The maximum absolute atomic E-state index is 13.6. The summed E-state index contributed by atoms with van der Waals surface area (Å²) < 4.78 is 20.7. The quantitative estimate of drug-likeness (QED) is 0.800. The Hall–Kier alpha value is -2.82. The number of hydrogen-bond acceptors (Lipinski definition) is 3. The number of nitrogens with zero attached hydrogens (tertiary/aromatic N) is 2. The van der Waals surface area contributed by atoms with E-state index in [1.165, 1.54) is 12.3 Å². The molecule has 3 rings (SSSR count). The minimum atomic E-state index is -0.398. The predicted octanol–water partition coefficient (Wildman–Crippen LogP) is 3.49. The van der Waals surface area contributed by atoms with Gasteiger partial charge in [-0.1, -0.05) is 12.1 Å². The van der Waals surface area contributed by atoms with Crippen LogP contribution in [0.3, 0.4) is 0 Å². The van der Waals surface area contributed by atoms with Crippen molar-refractivity contribution in [3.8, 4) is 17.2 Å². The van der Waals surface area contributed by atoms with E-state index in [0.29, 0.717) is 11.6 Å². The molecule has 0 saturated carbocycles. The molecule has 0 amide bonds. The lowest BCUT2D eigenvalue weighted by Gasteiger charge is -2.11. The van der Waals surface area contributed by atoms with Crippen LogP contribution in [0.15, 0.2) is 48.7 Å². The molecule has 0 aliphatic carbocycles. The molecule has 3 aromatic rings. The summed E-state index contributed by atoms with van der Waals surface area (Å²) in [5, 5.41) is 4.11. The van der Waals surface area contributed by atoms with E-state index < -0.39 is 5.82 Å². The second kappa shape index (κ2) is 5.28. The highest BCUT2D eigenvalue weighted by molar-refractivity contribution is 5.49. The van der Waals surface area contributed by atoms with Crippen molar-refractivity contribution in [2.75, 3.05) is 5.73 Å². The summed E-state index contributed by atoms with van der Waals surface area (Å²) in [4.78, 5) is 0. The first kappa shape index (κ1) is 13.2. The molecule has 0 unspecified atom stereocenters. The van der Waals surface area contributed by atoms with E-state index in [9.17, 15) is 4.39 Å². The number of benzene rings is 2. The van der Waals surface area contributed by atoms with Gasteiger partial charge in [0.2, 0.25) is 0 Å². The molecular weight excluding hydrogens is 269 g/mol. The van der Waals surface area contributed by atoms with Crippen molar-refractivity contribution < 1.29 is 9.13 Å². The average Bonchev–Trinajstić information content (AvgIpc) is 2.88. The molecule has 0 fully saturated rings. The summed E-state index contributed by atoms with van der Waals surface area (Å²) in [6.45, 7) is 1.91. The standard InChI is InChI=1S/C16H13FN3O/c1-11-10-12(21-15-5-3-2-4-13(15)17)6-7-14(11)20-16(18)8-9-19-20/h2-7,9-10H,18H2,1H3. The summed E-state index contributed by atoms with van der Waals surface area (Å²) >= 11 is 0. The third-order valence-electron chi connectivity index (χ3n) is 3.07. The molecule has 2 aromatic carbocycles. The Kier molecular flexibility index (Phi) is 3.31. The largest absolute Gasteiger partial charge is 0.454 e. The average molecular weight is 282 g/mol.